The fourth-order valence-electron chi connectivity index (χ4n) is 2.49. The lowest BCUT2D eigenvalue weighted by Gasteiger charge is -2.14. The maximum absolute atomic E-state index is 12.2. The van der Waals surface area contributed by atoms with Crippen LogP contribution in [-0.2, 0) is 22.6 Å². The second-order valence-corrected chi connectivity index (χ2v) is 6.51. The molecule has 0 aromatic heterocycles. The molecule has 2 atom stereocenters. The highest BCUT2D eigenvalue weighted by Crippen LogP contribution is 2.13. The predicted molar refractivity (Wildman–Crippen MR) is 104 cm³/mol. The molecule has 4 N–H and O–H groups in total. The first-order valence-electron chi connectivity index (χ1n) is 8.96. The van der Waals surface area contributed by atoms with Crippen molar-refractivity contribution in [2.45, 2.75) is 39.3 Å². The topological polar surface area (TPSA) is 84.2 Å². The molecule has 0 fully saturated rings. The van der Waals surface area contributed by atoms with Crippen molar-refractivity contribution in [3.8, 4) is 0 Å². The number of hydrogen-bond donors (Lipinski definition) is 3. The maximum Gasteiger partial charge on any atom is 0.237 e. The predicted octanol–water partition coefficient (Wildman–Crippen LogP) is 2.86. The average Bonchev–Trinajstić information content (AvgIpc) is 2.66. The summed E-state index contributed by atoms with van der Waals surface area (Å²) in [5.74, 6) is -0.226. The van der Waals surface area contributed by atoms with Crippen LogP contribution in [0.4, 0.5) is 5.69 Å². The molecule has 0 spiro atoms. The molecule has 0 saturated carbocycles. The SMILES string of the molecule is CCC(C)C(=O)Nc1cccc(CNC(=O)[C@@H](N)Cc2ccccc2)c1. The molecular formula is C21H27N3O2. The van der Waals surface area contributed by atoms with Crippen LogP contribution >= 0.6 is 0 Å². The Bertz CT molecular complexity index is 731. The summed E-state index contributed by atoms with van der Waals surface area (Å²) in [5, 5.41) is 5.76. The summed E-state index contributed by atoms with van der Waals surface area (Å²) in [6, 6.07) is 16.6. The molecule has 0 aliphatic heterocycles. The molecule has 0 bridgehead atoms. The molecule has 1 unspecified atom stereocenters. The fraction of sp³-hybridized carbons (Fsp3) is 0.333. The van der Waals surface area contributed by atoms with Gasteiger partial charge in [-0.2, -0.15) is 0 Å². The lowest BCUT2D eigenvalue weighted by molar-refractivity contribution is -0.122. The van der Waals surface area contributed by atoms with E-state index >= 15 is 0 Å². The van der Waals surface area contributed by atoms with E-state index in [1.807, 2.05) is 68.4 Å². The van der Waals surface area contributed by atoms with E-state index in [4.69, 9.17) is 5.73 Å². The van der Waals surface area contributed by atoms with Gasteiger partial charge in [-0.15, -0.1) is 0 Å². The van der Waals surface area contributed by atoms with Gasteiger partial charge in [-0.3, -0.25) is 9.59 Å². The normalized spacial score (nSPS) is 12.9. The molecule has 2 rings (SSSR count). The third-order valence-corrected chi connectivity index (χ3v) is 4.36. The van der Waals surface area contributed by atoms with E-state index in [0.717, 1.165) is 23.2 Å². The molecule has 26 heavy (non-hydrogen) atoms. The molecule has 2 amide bonds. The standard InChI is InChI=1S/C21H27N3O2/c1-3-15(2)20(25)24-18-11-7-10-17(12-18)14-23-21(26)19(22)13-16-8-5-4-6-9-16/h4-12,15,19H,3,13-14,22H2,1-2H3,(H,23,26)(H,24,25)/t15?,19-/m0/s1. The van der Waals surface area contributed by atoms with Crippen molar-refractivity contribution in [1.82, 2.24) is 5.32 Å². The van der Waals surface area contributed by atoms with Gasteiger partial charge in [0.25, 0.3) is 0 Å². The summed E-state index contributed by atoms with van der Waals surface area (Å²) in [5.41, 5.74) is 8.66. The minimum absolute atomic E-state index is 0.00133. The number of carbonyl (C=O) groups is 2. The quantitative estimate of drug-likeness (QED) is 0.682. The van der Waals surface area contributed by atoms with Gasteiger partial charge in [0.05, 0.1) is 6.04 Å². The zero-order valence-electron chi connectivity index (χ0n) is 15.4. The molecule has 0 radical (unpaired) electrons. The third-order valence-electron chi connectivity index (χ3n) is 4.36. The van der Waals surface area contributed by atoms with E-state index in [2.05, 4.69) is 10.6 Å². The summed E-state index contributed by atoms with van der Waals surface area (Å²) in [6.07, 6.45) is 1.29. The van der Waals surface area contributed by atoms with Crippen LogP contribution in [0.2, 0.25) is 0 Å². The van der Waals surface area contributed by atoms with Gasteiger partial charge in [-0.25, -0.2) is 0 Å². The Morgan fingerprint density at radius 2 is 1.69 bits per heavy atom. The van der Waals surface area contributed by atoms with Crippen LogP contribution in [0.5, 0.6) is 0 Å². The van der Waals surface area contributed by atoms with Crippen molar-refractivity contribution < 1.29 is 9.59 Å². The zero-order chi connectivity index (χ0) is 18.9. The Hall–Kier alpha value is -2.66. The first kappa shape index (κ1) is 19.7. The van der Waals surface area contributed by atoms with Gasteiger partial charge < -0.3 is 16.4 Å². The van der Waals surface area contributed by atoms with Crippen LogP contribution in [0.15, 0.2) is 54.6 Å². The highest BCUT2D eigenvalue weighted by atomic mass is 16.2. The Morgan fingerprint density at radius 3 is 2.38 bits per heavy atom. The average molecular weight is 353 g/mol. The van der Waals surface area contributed by atoms with Crippen molar-refractivity contribution >= 4 is 17.5 Å². The second-order valence-electron chi connectivity index (χ2n) is 6.51. The number of carbonyl (C=O) groups excluding carboxylic acids is 2. The van der Waals surface area contributed by atoms with Crippen LogP contribution in [0.25, 0.3) is 0 Å². The lowest BCUT2D eigenvalue weighted by atomic mass is 10.1. The van der Waals surface area contributed by atoms with Gasteiger partial charge in [-0.05, 0) is 36.1 Å². The van der Waals surface area contributed by atoms with Crippen LogP contribution < -0.4 is 16.4 Å². The monoisotopic (exact) mass is 353 g/mol. The molecule has 0 aliphatic carbocycles. The zero-order valence-corrected chi connectivity index (χ0v) is 15.4. The summed E-state index contributed by atoms with van der Waals surface area (Å²) in [4.78, 5) is 24.2. The van der Waals surface area contributed by atoms with E-state index in [0.29, 0.717) is 13.0 Å². The Kier molecular flexibility index (Phi) is 7.36. The number of anilines is 1. The number of hydrogen-bond acceptors (Lipinski definition) is 3. The van der Waals surface area contributed by atoms with Crippen LogP contribution in [0, 0.1) is 5.92 Å². The molecule has 0 aliphatic rings. The number of nitrogens with two attached hydrogens (primary N) is 1. The smallest absolute Gasteiger partial charge is 0.237 e. The Morgan fingerprint density at radius 1 is 1.00 bits per heavy atom. The first-order chi connectivity index (χ1) is 12.5. The van der Waals surface area contributed by atoms with Gasteiger partial charge in [0.1, 0.15) is 0 Å². The van der Waals surface area contributed by atoms with Crippen LogP contribution in [0.3, 0.4) is 0 Å². The molecule has 0 heterocycles. The van der Waals surface area contributed by atoms with Crippen molar-refractivity contribution in [3.63, 3.8) is 0 Å². The number of nitrogens with one attached hydrogen (secondary N) is 2. The van der Waals surface area contributed by atoms with Crippen molar-refractivity contribution in [3.05, 3.63) is 65.7 Å². The van der Waals surface area contributed by atoms with Gasteiger partial charge in [-0.1, -0.05) is 56.3 Å². The minimum atomic E-state index is -0.592. The molecular weight excluding hydrogens is 326 g/mol. The molecule has 5 nitrogen and oxygen atoms in total. The van der Waals surface area contributed by atoms with E-state index in [-0.39, 0.29) is 17.7 Å². The van der Waals surface area contributed by atoms with Crippen molar-refractivity contribution in [1.29, 1.82) is 0 Å². The molecule has 5 heteroatoms. The van der Waals surface area contributed by atoms with Gasteiger partial charge in [0.15, 0.2) is 0 Å². The van der Waals surface area contributed by atoms with Gasteiger partial charge >= 0.3 is 0 Å². The summed E-state index contributed by atoms with van der Waals surface area (Å²) in [7, 11) is 0. The maximum atomic E-state index is 12.2. The van der Waals surface area contributed by atoms with Gasteiger partial charge in [0.2, 0.25) is 11.8 Å². The third kappa shape index (κ3) is 6.01. The number of amides is 2. The number of benzene rings is 2. The van der Waals surface area contributed by atoms with E-state index in [1.165, 1.54) is 0 Å². The molecule has 2 aromatic carbocycles. The van der Waals surface area contributed by atoms with E-state index in [1.54, 1.807) is 0 Å². The minimum Gasteiger partial charge on any atom is -0.351 e. The summed E-state index contributed by atoms with van der Waals surface area (Å²) in [6.45, 7) is 4.25. The molecule has 2 aromatic rings. The highest BCUT2D eigenvalue weighted by Gasteiger charge is 2.14. The fourth-order valence-corrected chi connectivity index (χ4v) is 2.49. The lowest BCUT2D eigenvalue weighted by Crippen LogP contribution is -2.41. The van der Waals surface area contributed by atoms with Crippen molar-refractivity contribution in [2.75, 3.05) is 5.32 Å². The van der Waals surface area contributed by atoms with Crippen LogP contribution in [0.1, 0.15) is 31.4 Å². The summed E-state index contributed by atoms with van der Waals surface area (Å²) < 4.78 is 0. The van der Waals surface area contributed by atoms with Crippen LogP contribution in [-0.4, -0.2) is 17.9 Å². The Labute approximate surface area is 155 Å². The molecule has 0 saturated heterocycles. The highest BCUT2D eigenvalue weighted by molar-refractivity contribution is 5.92. The number of rotatable bonds is 8. The van der Waals surface area contributed by atoms with E-state index in [9.17, 15) is 9.59 Å². The largest absolute Gasteiger partial charge is 0.351 e. The Balaban J connectivity index is 1.87. The van der Waals surface area contributed by atoms with Crippen molar-refractivity contribution in [2.24, 2.45) is 11.7 Å². The summed E-state index contributed by atoms with van der Waals surface area (Å²) >= 11 is 0. The van der Waals surface area contributed by atoms with Gasteiger partial charge in [0, 0.05) is 18.2 Å². The van der Waals surface area contributed by atoms with E-state index < -0.39 is 6.04 Å². The molecule has 138 valence electrons. The second kappa shape index (κ2) is 9.73. The first-order valence-corrected chi connectivity index (χ1v) is 8.96.